The maximum absolute atomic E-state index is 12.1. The molecule has 0 radical (unpaired) electrons. The number of carbonyl (C=O) groups is 1. The molecule has 4 nitrogen and oxygen atoms in total. The molecule has 1 aliphatic heterocycles. The summed E-state index contributed by atoms with van der Waals surface area (Å²) >= 11 is 0. The average molecular weight is 256 g/mol. The van der Waals surface area contributed by atoms with E-state index in [-0.39, 0.29) is 41.1 Å². The number of hydrogen-bond acceptors (Lipinski definition) is 4. The first-order valence-corrected chi connectivity index (χ1v) is 5.96. The van der Waals surface area contributed by atoms with Gasteiger partial charge in [-0.2, -0.15) is 0 Å². The first-order valence-electron chi connectivity index (χ1n) is 5.96. The van der Waals surface area contributed by atoms with Crippen molar-refractivity contribution < 1.29 is 19.7 Å². The van der Waals surface area contributed by atoms with Gasteiger partial charge in [0.2, 0.25) is 0 Å². The number of aromatic hydroxyl groups is 2. The molecular formula is C15H12O4. The number of phenols is 2. The van der Waals surface area contributed by atoms with E-state index in [0.717, 1.165) is 11.6 Å². The third-order valence-corrected chi connectivity index (χ3v) is 3.16. The maximum atomic E-state index is 12.1. The lowest BCUT2D eigenvalue weighted by atomic mass is 9.95. The van der Waals surface area contributed by atoms with Crippen LogP contribution in [0, 0.1) is 0 Å². The molecule has 1 atom stereocenters. The minimum Gasteiger partial charge on any atom is -0.508 e. The van der Waals surface area contributed by atoms with Crippen LogP contribution in [0.3, 0.4) is 0 Å². The number of hydrogen-bond donors (Lipinski definition) is 2. The fraction of sp³-hybridized carbons (Fsp3) is 0.133. The van der Waals surface area contributed by atoms with Gasteiger partial charge >= 0.3 is 0 Å². The van der Waals surface area contributed by atoms with Crippen LogP contribution in [0.2, 0.25) is 0 Å². The van der Waals surface area contributed by atoms with Crippen molar-refractivity contribution in [2.45, 2.75) is 12.5 Å². The zero-order valence-electron chi connectivity index (χ0n) is 10.0. The molecule has 3 rings (SSSR count). The molecule has 0 unspecified atom stereocenters. The number of ether oxygens (including phenoxy) is 1. The Hall–Kier alpha value is -2.49. The first kappa shape index (κ1) is 11.6. The lowest BCUT2D eigenvalue weighted by molar-refractivity contribution is 0.0845. The molecule has 2 aromatic rings. The summed E-state index contributed by atoms with van der Waals surface area (Å²) < 4.78 is 5.71. The van der Waals surface area contributed by atoms with E-state index in [1.807, 2.05) is 30.3 Å². The Labute approximate surface area is 109 Å². The summed E-state index contributed by atoms with van der Waals surface area (Å²) in [4.78, 5) is 12.1. The minimum atomic E-state index is -0.387. The third kappa shape index (κ3) is 2.01. The molecule has 0 saturated carbocycles. The number of fused-ring (bicyclic) bond motifs is 1. The van der Waals surface area contributed by atoms with Gasteiger partial charge in [-0.1, -0.05) is 30.3 Å². The lowest BCUT2D eigenvalue weighted by Gasteiger charge is -2.26. The molecular weight excluding hydrogens is 244 g/mol. The molecule has 0 spiro atoms. The smallest absolute Gasteiger partial charge is 0.174 e. The van der Waals surface area contributed by atoms with Crippen LogP contribution in [-0.2, 0) is 0 Å². The Morgan fingerprint density at radius 1 is 1.11 bits per heavy atom. The predicted octanol–water partition coefficient (Wildman–Crippen LogP) is 2.80. The maximum Gasteiger partial charge on any atom is 0.174 e. The van der Waals surface area contributed by atoms with E-state index in [4.69, 9.17) is 4.74 Å². The highest BCUT2D eigenvalue weighted by Crippen LogP contribution is 2.41. The Bertz CT molecular complexity index is 634. The normalized spacial score (nSPS) is 17.7. The van der Waals surface area contributed by atoms with Crippen molar-refractivity contribution in [2.24, 2.45) is 0 Å². The van der Waals surface area contributed by atoms with Crippen molar-refractivity contribution in [1.29, 1.82) is 0 Å². The highest BCUT2D eigenvalue weighted by atomic mass is 16.5. The molecule has 0 fully saturated rings. The molecule has 19 heavy (non-hydrogen) atoms. The number of Topliss-reactive ketones (excluding diaryl/α,β-unsaturated/α-hetero) is 1. The second-order valence-electron chi connectivity index (χ2n) is 4.48. The van der Waals surface area contributed by atoms with Gasteiger partial charge in [0, 0.05) is 12.1 Å². The predicted molar refractivity (Wildman–Crippen MR) is 68.5 cm³/mol. The highest BCUT2D eigenvalue weighted by Gasteiger charge is 2.30. The molecule has 0 bridgehead atoms. The summed E-state index contributed by atoms with van der Waals surface area (Å²) in [6, 6.07) is 11.9. The van der Waals surface area contributed by atoms with Crippen molar-refractivity contribution >= 4 is 5.78 Å². The number of carbonyl (C=O) groups excluding carboxylic acids is 1. The van der Waals surface area contributed by atoms with Gasteiger partial charge in [-0.15, -0.1) is 0 Å². The van der Waals surface area contributed by atoms with Crippen LogP contribution in [0.5, 0.6) is 17.2 Å². The number of benzene rings is 2. The summed E-state index contributed by atoms with van der Waals surface area (Å²) in [5, 5.41) is 19.2. The first-order chi connectivity index (χ1) is 9.15. The zero-order valence-corrected chi connectivity index (χ0v) is 10.0. The summed E-state index contributed by atoms with van der Waals surface area (Å²) in [6.45, 7) is 0. The number of ketones is 1. The molecule has 0 saturated heterocycles. The van der Waals surface area contributed by atoms with E-state index in [9.17, 15) is 15.0 Å². The summed E-state index contributed by atoms with van der Waals surface area (Å²) in [7, 11) is 0. The molecule has 96 valence electrons. The second kappa shape index (κ2) is 4.31. The number of phenolic OH excluding ortho intramolecular Hbond substituents is 2. The number of rotatable bonds is 1. The molecule has 1 aliphatic rings. The molecule has 0 aliphatic carbocycles. The van der Waals surface area contributed by atoms with Crippen LogP contribution >= 0.6 is 0 Å². The van der Waals surface area contributed by atoms with E-state index in [1.165, 1.54) is 6.07 Å². The van der Waals surface area contributed by atoms with Crippen molar-refractivity contribution in [3.63, 3.8) is 0 Å². The summed E-state index contributed by atoms with van der Waals surface area (Å²) in [5.41, 5.74) is 1.04. The van der Waals surface area contributed by atoms with E-state index in [1.54, 1.807) is 0 Å². The zero-order chi connectivity index (χ0) is 13.4. The largest absolute Gasteiger partial charge is 0.508 e. The summed E-state index contributed by atoms with van der Waals surface area (Å²) in [6.07, 6.45) is -0.211. The van der Waals surface area contributed by atoms with Gasteiger partial charge in [-0.05, 0) is 5.56 Å². The molecule has 4 heteroatoms. The Morgan fingerprint density at radius 3 is 2.58 bits per heavy atom. The van der Waals surface area contributed by atoms with Crippen molar-refractivity contribution in [3.05, 3.63) is 53.6 Å². The van der Waals surface area contributed by atoms with Crippen LogP contribution in [0.15, 0.2) is 42.5 Å². The van der Waals surface area contributed by atoms with Gasteiger partial charge in [-0.25, -0.2) is 0 Å². The van der Waals surface area contributed by atoms with Crippen LogP contribution in [-0.4, -0.2) is 16.0 Å². The Morgan fingerprint density at radius 2 is 1.84 bits per heavy atom. The Kier molecular flexibility index (Phi) is 2.63. The molecule has 2 aromatic carbocycles. The third-order valence-electron chi connectivity index (χ3n) is 3.16. The van der Waals surface area contributed by atoms with E-state index >= 15 is 0 Å². The van der Waals surface area contributed by atoms with Gasteiger partial charge in [0.25, 0.3) is 0 Å². The minimum absolute atomic E-state index is 0.127. The van der Waals surface area contributed by atoms with Crippen molar-refractivity contribution in [3.8, 4) is 17.2 Å². The van der Waals surface area contributed by atoms with Crippen LogP contribution in [0.25, 0.3) is 0 Å². The van der Waals surface area contributed by atoms with Gasteiger partial charge in [0.05, 0.1) is 6.42 Å². The topological polar surface area (TPSA) is 66.8 Å². The fourth-order valence-electron chi connectivity index (χ4n) is 2.28. The Balaban J connectivity index is 2.03. The van der Waals surface area contributed by atoms with Crippen molar-refractivity contribution in [2.75, 3.05) is 0 Å². The monoisotopic (exact) mass is 256 g/mol. The van der Waals surface area contributed by atoms with Crippen LogP contribution < -0.4 is 4.74 Å². The van der Waals surface area contributed by atoms with Gasteiger partial charge in [0.1, 0.15) is 28.9 Å². The van der Waals surface area contributed by atoms with Gasteiger partial charge < -0.3 is 14.9 Å². The van der Waals surface area contributed by atoms with Crippen molar-refractivity contribution in [1.82, 2.24) is 0 Å². The SMILES string of the molecule is O=C1C[C@H](c2ccccc2)Oc2cc(O)cc(O)c21. The van der Waals surface area contributed by atoms with Crippen LogP contribution in [0.1, 0.15) is 28.4 Å². The molecule has 0 amide bonds. The quantitative estimate of drug-likeness (QED) is 0.823. The van der Waals surface area contributed by atoms with E-state index < -0.39 is 0 Å². The highest BCUT2D eigenvalue weighted by molar-refractivity contribution is 6.02. The average Bonchev–Trinajstić information content (AvgIpc) is 2.38. The molecule has 1 heterocycles. The molecule has 0 aromatic heterocycles. The van der Waals surface area contributed by atoms with Crippen LogP contribution in [0.4, 0.5) is 0 Å². The molecule has 2 N–H and O–H groups in total. The van der Waals surface area contributed by atoms with E-state index in [0.29, 0.717) is 0 Å². The lowest BCUT2D eigenvalue weighted by Crippen LogP contribution is -2.20. The van der Waals surface area contributed by atoms with Gasteiger partial charge in [0.15, 0.2) is 5.78 Å². The second-order valence-corrected chi connectivity index (χ2v) is 4.48. The fourth-order valence-corrected chi connectivity index (χ4v) is 2.28. The summed E-state index contributed by atoms with van der Waals surface area (Å²) in [5.74, 6) is -0.334. The standard InChI is InChI=1S/C15H12O4/c16-10-6-11(17)15-12(18)8-13(19-14(15)7-10)9-4-2-1-3-5-9/h1-7,13,16-17H,8H2/t13-/m1/s1. The van der Waals surface area contributed by atoms with E-state index in [2.05, 4.69) is 0 Å². The van der Waals surface area contributed by atoms with Gasteiger partial charge in [-0.3, -0.25) is 4.79 Å².